The van der Waals surface area contributed by atoms with Crippen LogP contribution in [0.4, 0.5) is 0 Å². The lowest BCUT2D eigenvalue weighted by Gasteiger charge is -2.15. The van der Waals surface area contributed by atoms with Crippen LogP contribution in [0.3, 0.4) is 0 Å². The van der Waals surface area contributed by atoms with Gasteiger partial charge in [-0.25, -0.2) is 0 Å². The van der Waals surface area contributed by atoms with E-state index in [4.69, 9.17) is 0 Å². The molecule has 0 saturated heterocycles. The van der Waals surface area contributed by atoms with Gasteiger partial charge in [-0.05, 0) is 136 Å². The van der Waals surface area contributed by atoms with Gasteiger partial charge in [-0.2, -0.15) is 26.3 Å². The Bertz CT molecular complexity index is 3470. The fourth-order valence-corrected chi connectivity index (χ4v) is 9.34. The summed E-state index contributed by atoms with van der Waals surface area (Å²) < 4.78 is 4.61. The number of nitriles is 5. The molecule has 2 aromatic heterocycles. The summed E-state index contributed by atoms with van der Waals surface area (Å²) in [6, 6.07) is 63.2. The summed E-state index contributed by atoms with van der Waals surface area (Å²) in [5, 5.41) is 52.7. The Balaban J connectivity index is 1.13. The second kappa shape index (κ2) is 14.3. The van der Waals surface area contributed by atoms with Gasteiger partial charge < -0.3 is 4.57 Å². The Kier molecular flexibility index (Phi) is 8.50. The van der Waals surface area contributed by atoms with Crippen LogP contribution in [0.2, 0.25) is 0 Å². The van der Waals surface area contributed by atoms with E-state index in [0.717, 1.165) is 87.5 Å². The number of benzene rings is 8. The highest BCUT2D eigenvalue weighted by Crippen LogP contribution is 2.41. The lowest BCUT2D eigenvalue weighted by Crippen LogP contribution is -1.97. The van der Waals surface area contributed by atoms with E-state index in [9.17, 15) is 26.3 Å². The van der Waals surface area contributed by atoms with Gasteiger partial charge in [0.15, 0.2) is 0 Å². The number of para-hydroxylation sites is 1. The smallest absolute Gasteiger partial charge is 0.0992 e. The first-order valence-corrected chi connectivity index (χ1v) is 19.8. The predicted molar refractivity (Wildman–Crippen MR) is 239 cm³/mol. The van der Waals surface area contributed by atoms with Crippen molar-refractivity contribution < 1.29 is 0 Å². The molecule has 0 N–H and O–H groups in total. The van der Waals surface area contributed by atoms with Crippen LogP contribution in [0.25, 0.3) is 92.2 Å². The molecule has 0 aliphatic carbocycles. The number of thiophene rings is 1. The molecule has 0 amide bonds. The van der Waals surface area contributed by atoms with Crippen molar-refractivity contribution >= 4 is 53.3 Å². The Hall–Kier alpha value is -8.77. The van der Waals surface area contributed by atoms with Crippen molar-refractivity contribution in [2.75, 3.05) is 0 Å². The fourth-order valence-electron chi connectivity index (χ4n) is 8.27. The summed E-state index contributed by atoms with van der Waals surface area (Å²) in [4.78, 5) is 0. The summed E-state index contributed by atoms with van der Waals surface area (Å²) in [6.45, 7) is 0. The number of aromatic nitrogens is 1. The molecule has 6 nitrogen and oxygen atoms in total. The molecular formula is C53H26N6S. The number of rotatable bonds is 5. The van der Waals surface area contributed by atoms with Gasteiger partial charge in [0.2, 0.25) is 0 Å². The Morgan fingerprint density at radius 2 is 0.767 bits per heavy atom. The SMILES string of the molecule is N#Cc1cc(C#N)cc(-c2ccc3c(c2)c2cc(-c4cc(C#N)cc(C#N)c4)ccc2n3-c2ccccc2-c2ccc(-c3ccc4sc5ccc(C#N)cc5c4c3)cc2)c1. The number of fused-ring (bicyclic) bond motifs is 6. The maximum atomic E-state index is 9.75. The standard InChI is InChI=1S/C53H26N6S/c54-27-32-5-15-52-47(23-32)48-26-39(12-16-53(48)60-52)37-6-8-38(9-7-37)44-3-1-2-4-49(44)59-50-13-10-40(42-19-33(28-55)17-34(20-42)29-56)24-45(50)46-25-41(11-14-51(46)59)43-21-35(30-57)18-36(22-43)31-58/h1-26H. The molecule has 0 unspecified atom stereocenters. The molecule has 7 heteroatoms. The van der Waals surface area contributed by atoms with Crippen molar-refractivity contribution in [3.05, 3.63) is 186 Å². The van der Waals surface area contributed by atoms with Crippen LogP contribution in [0, 0.1) is 56.7 Å². The van der Waals surface area contributed by atoms with Crippen LogP contribution >= 0.6 is 11.3 Å². The van der Waals surface area contributed by atoms with Gasteiger partial charge in [-0.3, -0.25) is 0 Å². The molecule has 0 saturated carbocycles. The molecule has 0 aliphatic heterocycles. The van der Waals surface area contributed by atoms with Crippen LogP contribution in [-0.4, -0.2) is 4.57 Å². The predicted octanol–water partition coefficient (Wildman–Crippen LogP) is 13.2. The molecule has 60 heavy (non-hydrogen) atoms. The van der Waals surface area contributed by atoms with Crippen molar-refractivity contribution in [3.63, 3.8) is 0 Å². The second-order valence-electron chi connectivity index (χ2n) is 14.6. The van der Waals surface area contributed by atoms with Crippen molar-refractivity contribution in [3.8, 4) is 80.5 Å². The summed E-state index contributed by atoms with van der Waals surface area (Å²) >= 11 is 1.73. The minimum atomic E-state index is 0.411. The Morgan fingerprint density at radius 1 is 0.333 bits per heavy atom. The van der Waals surface area contributed by atoms with Gasteiger partial charge in [-0.15, -0.1) is 11.3 Å². The lowest BCUT2D eigenvalue weighted by atomic mass is 9.97. The van der Waals surface area contributed by atoms with Gasteiger partial charge >= 0.3 is 0 Å². The topological polar surface area (TPSA) is 124 Å². The minimum absolute atomic E-state index is 0.411. The van der Waals surface area contributed by atoms with E-state index in [0.29, 0.717) is 27.8 Å². The third-order valence-corrected chi connectivity index (χ3v) is 12.2. The normalized spacial score (nSPS) is 10.9. The highest BCUT2D eigenvalue weighted by atomic mass is 32.1. The average Bonchev–Trinajstić information content (AvgIpc) is 3.85. The van der Waals surface area contributed by atoms with Gasteiger partial charge in [-0.1, -0.05) is 60.7 Å². The fraction of sp³-hybridized carbons (Fsp3) is 0. The summed E-state index contributed by atoms with van der Waals surface area (Å²) in [6.07, 6.45) is 0. The zero-order valence-corrected chi connectivity index (χ0v) is 32.4. The van der Waals surface area contributed by atoms with E-state index in [1.807, 2.05) is 42.5 Å². The first-order valence-electron chi connectivity index (χ1n) is 19.0. The van der Waals surface area contributed by atoms with Gasteiger partial charge in [0, 0.05) is 36.5 Å². The summed E-state index contributed by atoms with van der Waals surface area (Å²) in [5.41, 5.74) is 12.8. The molecule has 8 aromatic carbocycles. The number of hydrogen-bond acceptors (Lipinski definition) is 6. The molecule has 10 rings (SSSR count). The summed E-state index contributed by atoms with van der Waals surface area (Å²) in [7, 11) is 0. The largest absolute Gasteiger partial charge is 0.309 e. The van der Waals surface area contributed by atoms with E-state index >= 15 is 0 Å². The third kappa shape index (κ3) is 5.99. The van der Waals surface area contributed by atoms with Gasteiger partial charge in [0.25, 0.3) is 0 Å². The molecule has 0 radical (unpaired) electrons. The van der Waals surface area contributed by atoms with E-state index in [1.165, 1.54) is 4.70 Å². The van der Waals surface area contributed by atoms with Crippen LogP contribution in [0.15, 0.2) is 158 Å². The molecule has 0 bridgehead atoms. The zero-order valence-electron chi connectivity index (χ0n) is 31.6. The second-order valence-corrected chi connectivity index (χ2v) is 15.7. The molecule has 10 aromatic rings. The summed E-state index contributed by atoms with van der Waals surface area (Å²) in [5.74, 6) is 0. The van der Waals surface area contributed by atoms with Crippen molar-refractivity contribution in [2.45, 2.75) is 0 Å². The van der Waals surface area contributed by atoms with Crippen LogP contribution in [0.5, 0.6) is 0 Å². The van der Waals surface area contributed by atoms with Crippen LogP contribution in [-0.2, 0) is 0 Å². The van der Waals surface area contributed by atoms with Crippen molar-refractivity contribution in [2.24, 2.45) is 0 Å². The van der Waals surface area contributed by atoms with E-state index in [1.54, 1.807) is 47.7 Å². The number of nitrogens with zero attached hydrogens (tertiary/aromatic N) is 6. The van der Waals surface area contributed by atoms with Crippen molar-refractivity contribution in [1.82, 2.24) is 4.57 Å². The van der Waals surface area contributed by atoms with Gasteiger partial charge in [0.05, 0.1) is 74.9 Å². The molecular weight excluding hydrogens is 753 g/mol. The van der Waals surface area contributed by atoms with E-state index in [2.05, 4.69) is 114 Å². The maximum absolute atomic E-state index is 9.75. The highest BCUT2D eigenvalue weighted by Gasteiger charge is 2.18. The third-order valence-electron chi connectivity index (χ3n) is 11.1. The van der Waals surface area contributed by atoms with E-state index < -0.39 is 0 Å². The molecule has 274 valence electrons. The van der Waals surface area contributed by atoms with Gasteiger partial charge in [0.1, 0.15) is 0 Å². The minimum Gasteiger partial charge on any atom is -0.309 e. The molecule has 0 aliphatic rings. The zero-order chi connectivity index (χ0) is 40.9. The first kappa shape index (κ1) is 35.6. The highest BCUT2D eigenvalue weighted by molar-refractivity contribution is 7.25. The molecule has 0 spiro atoms. The van der Waals surface area contributed by atoms with E-state index in [-0.39, 0.29) is 0 Å². The number of hydrogen-bond donors (Lipinski definition) is 0. The van der Waals surface area contributed by atoms with Crippen LogP contribution < -0.4 is 0 Å². The Labute approximate surface area is 348 Å². The first-order chi connectivity index (χ1) is 29.4. The Morgan fingerprint density at radius 3 is 1.32 bits per heavy atom. The maximum Gasteiger partial charge on any atom is 0.0992 e. The lowest BCUT2D eigenvalue weighted by molar-refractivity contribution is 1.18. The monoisotopic (exact) mass is 778 g/mol. The molecule has 0 atom stereocenters. The van der Waals surface area contributed by atoms with Crippen molar-refractivity contribution in [1.29, 1.82) is 26.3 Å². The van der Waals surface area contributed by atoms with Crippen LogP contribution in [0.1, 0.15) is 27.8 Å². The molecule has 0 fully saturated rings. The molecule has 2 heterocycles. The average molecular weight is 779 g/mol. The quantitative estimate of drug-likeness (QED) is 0.172.